The van der Waals surface area contributed by atoms with Crippen LogP contribution >= 0.6 is 23.2 Å². The lowest BCUT2D eigenvalue weighted by molar-refractivity contribution is -0.140. The largest absolute Gasteiger partial charge is 0.465 e. The number of benzene rings is 2. The second-order valence-corrected chi connectivity index (χ2v) is 13.9. The van der Waals surface area contributed by atoms with Crippen molar-refractivity contribution in [3.05, 3.63) is 63.6 Å². The molecule has 0 aliphatic carbocycles. The van der Waals surface area contributed by atoms with Gasteiger partial charge in [-0.3, -0.25) is 9.69 Å². The van der Waals surface area contributed by atoms with Gasteiger partial charge in [-0.25, -0.2) is 9.59 Å². The highest BCUT2D eigenvalue weighted by molar-refractivity contribution is 6.34. The van der Waals surface area contributed by atoms with Crippen molar-refractivity contribution in [2.24, 2.45) is 5.92 Å². The zero-order valence-corrected chi connectivity index (χ0v) is 27.7. The summed E-state index contributed by atoms with van der Waals surface area (Å²) in [5.41, 5.74) is 2.67. The number of anilines is 1. The summed E-state index contributed by atoms with van der Waals surface area (Å²) in [6.07, 6.45) is 3.74. The predicted molar refractivity (Wildman–Crippen MR) is 180 cm³/mol. The topological polar surface area (TPSA) is 108 Å². The van der Waals surface area contributed by atoms with E-state index in [2.05, 4.69) is 15.5 Å². The summed E-state index contributed by atoms with van der Waals surface area (Å²) in [4.78, 5) is 48.5. The minimum Gasteiger partial charge on any atom is -0.465 e. The van der Waals surface area contributed by atoms with Gasteiger partial charge in [0.05, 0.1) is 5.92 Å². The maximum absolute atomic E-state index is 14.6. The molecule has 0 radical (unpaired) electrons. The number of carboxylic acid groups (broad SMARTS) is 1. The number of fused-ring (bicyclic) bond motifs is 1. The Hall–Kier alpha value is -3.05. The number of carbonyl (C=O) groups is 3. The number of hydrogen-bond donors (Lipinski definition) is 3. The van der Waals surface area contributed by atoms with Crippen molar-refractivity contribution in [2.75, 3.05) is 57.7 Å². The molecule has 0 spiro atoms. The number of piperidine rings is 2. The highest BCUT2D eigenvalue weighted by Crippen LogP contribution is 2.34. The van der Waals surface area contributed by atoms with Crippen LogP contribution in [0.3, 0.4) is 0 Å². The fourth-order valence-electron chi connectivity index (χ4n) is 7.91. The Morgan fingerprint density at radius 1 is 0.913 bits per heavy atom. The second kappa shape index (κ2) is 14.8. The van der Waals surface area contributed by atoms with Crippen LogP contribution in [-0.4, -0.2) is 113 Å². The molecule has 4 aliphatic rings. The summed E-state index contributed by atoms with van der Waals surface area (Å²) in [7, 11) is 0. The van der Waals surface area contributed by atoms with Crippen molar-refractivity contribution < 1.29 is 19.5 Å². The van der Waals surface area contributed by atoms with Crippen LogP contribution in [0.15, 0.2) is 42.5 Å². The van der Waals surface area contributed by atoms with Crippen molar-refractivity contribution >= 4 is 46.9 Å². The maximum Gasteiger partial charge on any atom is 0.407 e. The molecule has 6 rings (SSSR count). The SMILES string of the molecule is O=C(C(Cc1cc(Cl)cc(Cl)c1)[C@H]1CC(N2CCc3ccccc3NC2=O)CCN1C(=O)O)N1CCC(N2CCCNCC2)CC1. The van der Waals surface area contributed by atoms with E-state index in [1.807, 2.05) is 34.1 Å². The van der Waals surface area contributed by atoms with Gasteiger partial charge in [0.15, 0.2) is 0 Å². The van der Waals surface area contributed by atoms with E-state index in [0.717, 1.165) is 62.3 Å². The molecule has 4 heterocycles. The van der Waals surface area contributed by atoms with Gasteiger partial charge in [-0.2, -0.15) is 0 Å². The average molecular weight is 672 g/mol. The molecule has 46 heavy (non-hydrogen) atoms. The third-order valence-corrected chi connectivity index (χ3v) is 10.7. The molecule has 2 unspecified atom stereocenters. The lowest BCUT2D eigenvalue weighted by atomic mass is 9.82. The number of urea groups is 1. The molecule has 10 nitrogen and oxygen atoms in total. The molecule has 2 aromatic carbocycles. The number of carbonyl (C=O) groups excluding carboxylic acids is 2. The summed E-state index contributed by atoms with van der Waals surface area (Å²) < 4.78 is 0. The summed E-state index contributed by atoms with van der Waals surface area (Å²) in [6.45, 7) is 6.14. The first kappa shape index (κ1) is 32.9. The molecule has 4 amide bonds. The van der Waals surface area contributed by atoms with Gasteiger partial charge in [-0.1, -0.05) is 41.4 Å². The van der Waals surface area contributed by atoms with Crippen LogP contribution in [0.25, 0.3) is 0 Å². The Kier molecular flexibility index (Phi) is 10.6. The van der Waals surface area contributed by atoms with Gasteiger partial charge in [0.1, 0.15) is 0 Å². The first-order valence-electron chi connectivity index (χ1n) is 16.6. The lowest BCUT2D eigenvalue weighted by Gasteiger charge is -2.46. The fraction of sp³-hybridized carbons (Fsp3) is 0.559. The van der Waals surface area contributed by atoms with Gasteiger partial charge >= 0.3 is 12.1 Å². The van der Waals surface area contributed by atoms with Gasteiger partial charge in [0.25, 0.3) is 0 Å². The van der Waals surface area contributed by atoms with E-state index in [1.165, 1.54) is 4.90 Å². The number of halogens is 2. The quantitative estimate of drug-likeness (QED) is 0.398. The molecule has 3 fully saturated rings. The molecule has 0 bridgehead atoms. The highest BCUT2D eigenvalue weighted by atomic mass is 35.5. The van der Waals surface area contributed by atoms with Crippen LogP contribution in [0.4, 0.5) is 15.3 Å². The van der Waals surface area contributed by atoms with Crippen molar-refractivity contribution in [1.82, 2.24) is 24.9 Å². The third kappa shape index (κ3) is 7.56. The molecule has 3 N–H and O–H groups in total. The van der Waals surface area contributed by atoms with Gasteiger partial charge in [0, 0.05) is 73.1 Å². The Labute approximate surface area is 281 Å². The molecule has 3 atom stereocenters. The monoisotopic (exact) mass is 670 g/mol. The summed E-state index contributed by atoms with van der Waals surface area (Å²) in [5, 5.41) is 17.8. The van der Waals surface area contributed by atoms with Crippen LogP contribution < -0.4 is 10.6 Å². The number of para-hydroxylation sites is 1. The molecular formula is C34H44Cl2N6O4. The van der Waals surface area contributed by atoms with E-state index in [-0.39, 0.29) is 24.5 Å². The fourth-order valence-corrected chi connectivity index (χ4v) is 8.48. The van der Waals surface area contributed by atoms with E-state index < -0.39 is 18.1 Å². The Morgan fingerprint density at radius 2 is 1.65 bits per heavy atom. The van der Waals surface area contributed by atoms with E-state index in [9.17, 15) is 19.5 Å². The number of nitrogens with one attached hydrogen (secondary N) is 2. The number of hydrogen-bond acceptors (Lipinski definition) is 5. The second-order valence-electron chi connectivity index (χ2n) is 13.0. The van der Waals surface area contributed by atoms with Crippen LogP contribution in [0.2, 0.25) is 10.0 Å². The minimum absolute atomic E-state index is 0.0447. The maximum atomic E-state index is 14.6. The van der Waals surface area contributed by atoms with Crippen molar-refractivity contribution in [2.45, 2.75) is 63.1 Å². The average Bonchev–Trinajstić information content (AvgIpc) is 3.42. The van der Waals surface area contributed by atoms with Gasteiger partial charge < -0.3 is 30.4 Å². The molecule has 248 valence electrons. The zero-order chi connectivity index (χ0) is 32.2. The molecule has 4 aliphatic heterocycles. The van der Waals surface area contributed by atoms with E-state index in [1.54, 1.807) is 18.2 Å². The number of nitrogens with zero attached hydrogens (tertiary/aromatic N) is 4. The third-order valence-electron chi connectivity index (χ3n) is 10.3. The van der Waals surface area contributed by atoms with Gasteiger partial charge in [-0.05, 0) is 93.4 Å². The number of likely N-dealkylation sites (tertiary alicyclic amines) is 2. The first-order chi connectivity index (χ1) is 22.3. The molecular weight excluding hydrogens is 627 g/mol. The highest BCUT2D eigenvalue weighted by Gasteiger charge is 2.44. The lowest BCUT2D eigenvalue weighted by Crippen LogP contribution is -2.59. The molecule has 2 aromatic rings. The molecule has 12 heteroatoms. The summed E-state index contributed by atoms with van der Waals surface area (Å²) in [5.74, 6) is -0.698. The van der Waals surface area contributed by atoms with Crippen LogP contribution in [-0.2, 0) is 17.6 Å². The van der Waals surface area contributed by atoms with E-state index in [4.69, 9.17) is 23.2 Å². The Morgan fingerprint density at radius 3 is 2.41 bits per heavy atom. The zero-order valence-electron chi connectivity index (χ0n) is 26.2. The molecule has 0 saturated carbocycles. The predicted octanol–water partition coefficient (Wildman–Crippen LogP) is 5.04. The van der Waals surface area contributed by atoms with Gasteiger partial charge in [0.2, 0.25) is 5.91 Å². The van der Waals surface area contributed by atoms with Crippen molar-refractivity contribution in [3.8, 4) is 0 Å². The van der Waals surface area contributed by atoms with Crippen LogP contribution in [0.5, 0.6) is 0 Å². The van der Waals surface area contributed by atoms with Crippen LogP contribution in [0, 0.1) is 5.92 Å². The Bertz CT molecular complexity index is 1390. The summed E-state index contributed by atoms with van der Waals surface area (Å²) in [6, 6.07) is 12.5. The first-order valence-corrected chi connectivity index (χ1v) is 17.4. The smallest absolute Gasteiger partial charge is 0.407 e. The molecule has 3 saturated heterocycles. The number of rotatable bonds is 6. The standard InChI is InChI=1S/C34H44Cl2N6O4/c35-25-18-23(19-26(36)21-25)20-29(32(43)40-13-7-27(8-14-40)39-12-3-10-37-11-17-39)31-22-28(9-16-42(31)34(45)46)41-15-6-24-4-1-2-5-30(24)38-33(41)44/h1-2,4-5,18-19,21,27-29,31,37H,3,6-17,20,22H2,(H,38,44)(H,45,46)/t28?,29?,31-/m1/s1. The minimum atomic E-state index is -1.05. The van der Waals surface area contributed by atoms with Crippen LogP contribution in [0.1, 0.15) is 43.2 Å². The normalized spacial score (nSPS) is 24.0. The molecule has 0 aromatic heterocycles. The van der Waals surface area contributed by atoms with Crippen molar-refractivity contribution in [3.63, 3.8) is 0 Å². The number of amides is 4. The van der Waals surface area contributed by atoms with E-state index in [0.29, 0.717) is 61.4 Å². The summed E-state index contributed by atoms with van der Waals surface area (Å²) >= 11 is 12.8. The van der Waals surface area contributed by atoms with E-state index >= 15 is 0 Å². The van der Waals surface area contributed by atoms with Gasteiger partial charge in [-0.15, -0.1) is 0 Å². The van der Waals surface area contributed by atoms with Crippen molar-refractivity contribution in [1.29, 1.82) is 0 Å². The Balaban J connectivity index is 1.24.